The molecule has 0 amide bonds. The zero-order valence-corrected chi connectivity index (χ0v) is 17.4. The summed E-state index contributed by atoms with van der Waals surface area (Å²) in [6.45, 7) is 0. The van der Waals surface area contributed by atoms with Gasteiger partial charge >= 0.3 is 5.97 Å². The van der Waals surface area contributed by atoms with Crippen molar-refractivity contribution in [3.63, 3.8) is 0 Å². The maximum absolute atomic E-state index is 12.3. The molecular weight excluding hydrogens is 394 g/mol. The first-order chi connectivity index (χ1) is 15.1. The number of rotatable bonds is 7. The van der Waals surface area contributed by atoms with E-state index in [-0.39, 0.29) is 5.75 Å². The number of benzene rings is 3. The summed E-state index contributed by atoms with van der Waals surface area (Å²) in [5.74, 6) is 1.29. The van der Waals surface area contributed by atoms with E-state index in [1.807, 2.05) is 6.07 Å². The number of nitriles is 1. The second-order valence-electron chi connectivity index (χ2n) is 6.41. The molecule has 31 heavy (non-hydrogen) atoms. The van der Waals surface area contributed by atoms with Gasteiger partial charge in [-0.25, -0.2) is 4.79 Å². The molecule has 0 atom stereocenters. The van der Waals surface area contributed by atoms with Crippen molar-refractivity contribution in [1.29, 1.82) is 5.26 Å². The standard InChI is InChI=1S/C25H21NO5/c1-28-21-12-10-19(15-24(21)30-3)20(16-26)13-17-9-11-22(23(14-17)29-2)31-25(27)18-7-5-4-6-8-18/h4-15H,1-3H3. The molecule has 0 bridgehead atoms. The van der Waals surface area contributed by atoms with Gasteiger partial charge in [-0.15, -0.1) is 0 Å². The van der Waals surface area contributed by atoms with Crippen molar-refractivity contribution in [3.8, 4) is 29.1 Å². The molecule has 0 saturated carbocycles. The number of methoxy groups -OCH3 is 3. The highest BCUT2D eigenvalue weighted by atomic mass is 16.6. The van der Waals surface area contributed by atoms with Crippen LogP contribution in [-0.2, 0) is 0 Å². The van der Waals surface area contributed by atoms with Crippen molar-refractivity contribution in [2.45, 2.75) is 0 Å². The van der Waals surface area contributed by atoms with Gasteiger partial charge in [0.25, 0.3) is 0 Å². The molecule has 0 spiro atoms. The molecule has 0 heterocycles. The van der Waals surface area contributed by atoms with Gasteiger partial charge in [0.2, 0.25) is 0 Å². The topological polar surface area (TPSA) is 77.8 Å². The summed E-state index contributed by atoms with van der Waals surface area (Å²) in [5.41, 5.74) is 2.26. The van der Waals surface area contributed by atoms with Crippen LogP contribution in [0, 0.1) is 11.3 Å². The predicted octanol–water partition coefficient (Wildman–Crippen LogP) is 5.00. The summed E-state index contributed by atoms with van der Waals surface area (Å²) in [7, 11) is 4.58. The second kappa shape index (κ2) is 9.99. The average Bonchev–Trinajstić information content (AvgIpc) is 2.83. The largest absolute Gasteiger partial charge is 0.493 e. The molecule has 6 nitrogen and oxygen atoms in total. The molecular formula is C25H21NO5. The van der Waals surface area contributed by atoms with Crippen LogP contribution in [0.3, 0.4) is 0 Å². The second-order valence-corrected chi connectivity index (χ2v) is 6.41. The van der Waals surface area contributed by atoms with Crippen molar-refractivity contribution < 1.29 is 23.7 Å². The Bertz CT molecular complexity index is 1150. The van der Waals surface area contributed by atoms with Gasteiger partial charge in [0.05, 0.1) is 38.5 Å². The number of allylic oxidation sites excluding steroid dienone is 1. The van der Waals surface area contributed by atoms with Crippen LogP contribution in [0.1, 0.15) is 21.5 Å². The molecule has 0 saturated heterocycles. The fourth-order valence-corrected chi connectivity index (χ4v) is 2.94. The van der Waals surface area contributed by atoms with Crippen LogP contribution in [0.25, 0.3) is 11.6 Å². The van der Waals surface area contributed by atoms with Crippen LogP contribution in [0.2, 0.25) is 0 Å². The summed E-state index contributed by atoms with van der Waals surface area (Å²) in [6.07, 6.45) is 1.71. The fourth-order valence-electron chi connectivity index (χ4n) is 2.94. The Morgan fingerprint density at radius 2 is 1.42 bits per heavy atom. The van der Waals surface area contributed by atoms with Gasteiger partial charge < -0.3 is 18.9 Å². The van der Waals surface area contributed by atoms with Crippen LogP contribution in [0.15, 0.2) is 66.7 Å². The van der Waals surface area contributed by atoms with Crippen LogP contribution in [0.4, 0.5) is 0 Å². The summed E-state index contributed by atoms with van der Waals surface area (Å²) in [4.78, 5) is 12.3. The van der Waals surface area contributed by atoms with E-state index in [2.05, 4.69) is 6.07 Å². The molecule has 3 aromatic carbocycles. The van der Waals surface area contributed by atoms with E-state index < -0.39 is 5.97 Å². The van der Waals surface area contributed by atoms with Gasteiger partial charge in [0.15, 0.2) is 23.0 Å². The molecule has 0 aliphatic rings. The van der Waals surface area contributed by atoms with Crippen LogP contribution in [-0.4, -0.2) is 27.3 Å². The normalized spacial score (nSPS) is 10.7. The summed E-state index contributed by atoms with van der Waals surface area (Å²) in [6, 6.07) is 21.2. The zero-order valence-electron chi connectivity index (χ0n) is 17.4. The van der Waals surface area contributed by atoms with Crippen LogP contribution < -0.4 is 18.9 Å². The smallest absolute Gasteiger partial charge is 0.343 e. The SMILES string of the molecule is COc1ccc(C(C#N)=Cc2ccc(OC(=O)c3ccccc3)c(OC)c2)cc1OC. The summed E-state index contributed by atoms with van der Waals surface area (Å²) < 4.78 is 21.4. The van der Waals surface area contributed by atoms with E-state index in [0.29, 0.717) is 39.5 Å². The van der Waals surface area contributed by atoms with E-state index in [0.717, 1.165) is 0 Å². The van der Waals surface area contributed by atoms with Gasteiger partial charge in [0, 0.05) is 0 Å². The monoisotopic (exact) mass is 415 g/mol. The Labute approximate surface area is 180 Å². The molecule has 0 aliphatic heterocycles. The van der Waals surface area contributed by atoms with E-state index in [1.54, 1.807) is 73.8 Å². The lowest BCUT2D eigenvalue weighted by Gasteiger charge is -2.11. The van der Waals surface area contributed by atoms with Crippen molar-refractivity contribution >= 4 is 17.6 Å². The minimum absolute atomic E-state index is 0.290. The Morgan fingerprint density at radius 3 is 2.06 bits per heavy atom. The number of nitrogens with zero attached hydrogens (tertiary/aromatic N) is 1. The van der Waals surface area contributed by atoms with Gasteiger partial charge in [0.1, 0.15) is 0 Å². The lowest BCUT2D eigenvalue weighted by molar-refractivity contribution is 0.0729. The number of ether oxygens (including phenoxy) is 4. The van der Waals surface area contributed by atoms with Crippen LogP contribution in [0.5, 0.6) is 23.0 Å². The number of hydrogen-bond acceptors (Lipinski definition) is 6. The van der Waals surface area contributed by atoms with Crippen molar-refractivity contribution in [2.24, 2.45) is 0 Å². The molecule has 6 heteroatoms. The first-order valence-corrected chi connectivity index (χ1v) is 9.39. The summed E-state index contributed by atoms with van der Waals surface area (Å²) in [5, 5.41) is 9.67. The number of carbonyl (C=O) groups is 1. The molecule has 3 rings (SSSR count). The Kier molecular flexibility index (Phi) is 6.92. The third-order valence-electron chi connectivity index (χ3n) is 4.53. The van der Waals surface area contributed by atoms with Gasteiger partial charge in [-0.2, -0.15) is 5.26 Å². The zero-order chi connectivity index (χ0) is 22.2. The third-order valence-corrected chi connectivity index (χ3v) is 4.53. The number of esters is 1. The Hall–Kier alpha value is -4.24. The minimum atomic E-state index is -0.481. The fraction of sp³-hybridized carbons (Fsp3) is 0.120. The quantitative estimate of drug-likeness (QED) is 0.234. The molecule has 156 valence electrons. The van der Waals surface area contributed by atoms with Crippen molar-refractivity contribution in [1.82, 2.24) is 0 Å². The molecule has 3 aromatic rings. The van der Waals surface area contributed by atoms with Gasteiger partial charge in [-0.3, -0.25) is 0 Å². The van der Waals surface area contributed by atoms with E-state index >= 15 is 0 Å². The first-order valence-electron chi connectivity index (χ1n) is 9.39. The van der Waals surface area contributed by atoms with E-state index in [9.17, 15) is 10.1 Å². The molecule has 0 unspecified atom stereocenters. The predicted molar refractivity (Wildman–Crippen MR) is 117 cm³/mol. The highest BCUT2D eigenvalue weighted by Gasteiger charge is 2.13. The highest BCUT2D eigenvalue weighted by Crippen LogP contribution is 2.33. The van der Waals surface area contributed by atoms with E-state index in [1.165, 1.54) is 14.2 Å². The van der Waals surface area contributed by atoms with Gasteiger partial charge in [-0.05, 0) is 59.7 Å². The Balaban J connectivity index is 1.90. The molecule has 0 N–H and O–H groups in total. The maximum Gasteiger partial charge on any atom is 0.343 e. The summed E-state index contributed by atoms with van der Waals surface area (Å²) >= 11 is 0. The molecule has 0 fully saturated rings. The third kappa shape index (κ3) is 5.03. The van der Waals surface area contributed by atoms with E-state index in [4.69, 9.17) is 18.9 Å². The lowest BCUT2D eigenvalue weighted by Crippen LogP contribution is -2.09. The van der Waals surface area contributed by atoms with Gasteiger partial charge in [-0.1, -0.05) is 24.3 Å². The van der Waals surface area contributed by atoms with Crippen molar-refractivity contribution in [2.75, 3.05) is 21.3 Å². The number of carbonyl (C=O) groups excluding carboxylic acids is 1. The molecule has 0 radical (unpaired) electrons. The first kappa shape index (κ1) is 21.5. The average molecular weight is 415 g/mol. The number of hydrogen-bond donors (Lipinski definition) is 0. The molecule has 0 aliphatic carbocycles. The molecule has 0 aromatic heterocycles. The minimum Gasteiger partial charge on any atom is -0.493 e. The highest BCUT2D eigenvalue weighted by molar-refractivity contribution is 5.92. The Morgan fingerprint density at radius 1 is 0.774 bits per heavy atom. The van der Waals surface area contributed by atoms with Crippen LogP contribution >= 0.6 is 0 Å². The maximum atomic E-state index is 12.3. The lowest BCUT2D eigenvalue weighted by atomic mass is 10.0. The van der Waals surface area contributed by atoms with Crippen molar-refractivity contribution in [3.05, 3.63) is 83.4 Å².